The van der Waals surface area contributed by atoms with Crippen molar-refractivity contribution >= 4 is 17.6 Å². The molecule has 1 amide bonds. The van der Waals surface area contributed by atoms with E-state index < -0.39 is 30.1 Å². The number of aromatic nitrogens is 1. The molecule has 1 N–H and O–H groups in total. The van der Waals surface area contributed by atoms with Crippen molar-refractivity contribution in [1.82, 2.24) is 4.57 Å². The maximum Gasteiger partial charge on any atom is 0.573 e. The molecule has 0 saturated carbocycles. The van der Waals surface area contributed by atoms with Gasteiger partial charge in [0, 0.05) is 18.1 Å². The first kappa shape index (κ1) is 22.5. The van der Waals surface area contributed by atoms with E-state index in [-0.39, 0.29) is 28.5 Å². The number of hydrogen-bond acceptors (Lipinski definition) is 6. The first-order valence-corrected chi connectivity index (χ1v) is 9.13. The fourth-order valence-electron chi connectivity index (χ4n) is 2.79. The maximum absolute atomic E-state index is 12.6. The minimum atomic E-state index is -4.83. The molecule has 3 rings (SSSR count). The van der Waals surface area contributed by atoms with Crippen LogP contribution in [0.5, 0.6) is 5.75 Å². The van der Waals surface area contributed by atoms with Crippen LogP contribution < -0.4 is 10.1 Å². The molecule has 0 aliphatic rings. The van der Waals surface area contributed by atoms with Crippen molar-refractivity contribution in [2.45, 2.75) is 26.3 Å². The molecule has 2 heterocycles. The number of carbonyl (C=O) groups excluding carboxylic acids is 2. The molecule has 166 valence electrons. The van der Waals surface area contributed by atoms with E-state index in [2.05, 4.69) is 10.1 Å². The number of nitriles is 1. The van der Waals surface area contributed by atoms with Crippen LogP contribution in [0.4, 0.5) is 18.9 Å². The summed E-state index contributed by atoms with van der Waals surface area (Å²) in [4.78, 5) is 25.0. The van der Waals surface area contributed by atoms with E-state index in [4.69, 9.17) is 9.15 Å². The highest BCUT2D eigenvalue weighted by molar-refractivity contribution is 5.99. The van der Waals surface area contributed by atoms with Crippen LogP contribution in [0.3, 0.4) is 0 Å². The van der Waals surface area contributed by atoms with Gasteiger partial charge in [-0.25, -0.2) is 4.79 Å². The van der Waals surface area contributed by atoms with Crippen molar-refractivity contribution in [1.29, 1.82) is 5.26 Å². The number of furan rings is 1. The Labute approximate surface area is 179 Å². The zero-order chi connectivity index (χ0) is 23.5. The van der Waals surface area contributed by atoms with Crippen molar-refractivity contribution < 1.29 is 36.7 Å². The summed E-state index contributed by atoms with van der Waals surface area (Å²) in [5.74, 6) is -1.83. The van der Waals surface area contributed by atoms with Crippen LogP contribution in [0.2, 0.25) is 0 Å². The molecule has 2 aromatic heterocycles. The third kappa shape index (κ3) is 5.10. The Hall–Kier alpha value is -4.20. The lowest BCUT2D eigenvalue weighted by molar-refractivity contribution is -0.274. The summed E-state index contributed by atoms with van der Waals surface area (Å²) >= 11 is 0. The van der Waals surface area contributed by atoms with Gasteiger partial charge in [0.25, 0.3) is 5.91 Å². The van der Waals surface area contributed by atoms with Crippen LogP contribution in [0.1, 0.15) is 28.6 Å². The molecular formula is C21H16F3N3O5. The Morgan fingerprint density at radius 2 is 1.81 bits per heavy atom. The first-order valence-electron chi connectivity index (χ1n) is 9.13. The zero-order valence-electron chi connectivity index (χ0n) is 16.8. The summed E-state index contributed by atoms with van der Waals surface area (Å²) in [6.07, 6.45) is -2.84. The second-order valence-electron chi connectivity index (χ2n) is 6.52. The Kier molecular flexibility index (Phi) is 6.25. The molecule has 0 aliphatic heterocycles. The monoisotopic (exact) mass is 447 g/mol. The molecule has 0 bridgehead atoms. The number of nitrogens with zero attached hydrogens (tertiary/aromatic N) is 2. The summed E-state index contributed by atoms with van der Waals surface area (Å²) in [6, 6.07) is 9.78. The van der Waals surface area contributed by atoms with Crippen molar-refractivity contribution in [3.8, 4) is 17.7 Å². The van der Waals surface area contributed by atoms with Crippen LogP contribution >= 0.6 is 0 Å². The number of amides is 1. The number of aryl methyl sites for hydroxylation is 1. The van der Waals surface area contributed by atoms with Gasteiger partial charge in [0.05, 0.1) is 0 Å². The maximum atomic E-state index is 12.6. The highest BCUT2D eigenvalue weighted by Gasteiger charge is 2.31. The predicted octanol–water partition coefficient (Wildman–Crippen LogP) is 4.33. The number of hydrogen-bond donors (Lipinski definition) is 1. The van der Waals surface area contributed by atoms with E-state index in [1.807, 2.05) is 6.07 Å². The Morgan fingerprint density at radius 1 is 1.19 bits per heavy atom. The molecule has 32 heavy (non-hydrogen) atoms. The summed E-state index contributed by atoms with van der Waals surface area (Å²) in [6.45, 7) is 2.79. The third-order valence-electron chi connectivity index (χ3n) is 4.23. The molecule has 1 unspecified atom stereocenters. The van der Waals surface area contributed by atoms with Gasteiger partial charge < -0.3 is 19.2 Å². The molecule has 0 saturated heterocycles. The molecule has 3 aromatic rings. The molecule has 0 aliphatic carbocycles. The normalized spacial score (nSPS) is 12.0. The SMILES string of the molecule is Cc1oc(-n2cccc2)c(C#N)c1C(=O)OC(C)C(=O)Nc1ccc(OC(F)(F)F)cc1. The second-order valence-corrected chi connectivity index (χ2v) is 6.52. The van der Waals surface area contributed by atoms with Crippen molar-refractivity contribution in [3.63, 3.8) is 0 Å². The zero-order valence-corrected chi connectivity index (χ0v) is 16.8. The third-order valence-corrected chi connectivity index (χ3v) is 4.23. The summed E-state index contributed by atoms with van der Waals surface area (Å²) in [7, 11) is 0. The molecule has 0 radical (unpaired) electrons. The van der Waals surface area contributed by atoms with E-state index in [0.29, 0.717) is 0 Å². The lowest BCUT2D eigenvalue weighted by atomic mass is 10.1. The Bertz CT molecular complexity index is 1160. The van der Waals surface area contributed by atoms with Crippen LogP contribution in [0.25, 0.3) is 5.88 Å². The number of halogens is 3. The van der Waals surface area contributed by atoms with Crippen molar-refractivity contribution in [3.05, 3.63) is 65.7 Å². The van der Waals surface area contributed by atoms with Gasteiger partial charge in [-0.3, -0.25) is 9.36 Å². The van der Waals surface area contributed by atoms with E-state index >= 15 is 0 Å². The minimum Gasteiger partial charge on any atom is -0.449 e. The van der Waals surface area contributed by atoms with E-state index in [9.17, 15) is 28.0 Å². The average Bonchev–Trinajstić information content (AvgIpc) is 3.35. The first-order chi connectivity index (χ1) is 15.1. The number of alkyl halides is 3. The van der Waals surface area contributed by atoms with E-state index in [0.717, 1.165) is 12.1 Å². The molecule has 1 atom stereocenters. The number of nitrogens with one attached hydrogen (secondary N) is 1. The topological polar surface area (TPSA) is 106 Å². The second kappa shape index (κ2) is 8.89. The smallest absolute Gasteiger partial charge is 0.449 e. The van der Waals surface area contributed by atoms with Gasteiger partial charge in [0.1, 0.15) is 28.7 Å². The number of esters is 1. The summed E-state index contributed by atoms with van der Waals surface area (Å²) < 4.78 is 52.6. The highest BCUT2D eigenvalue weighted by Crippen LogP contribution is 2.27. The highest BCUT2D eigenvalue weighted by atomic mass is 19.4. The van der Waals surface area contributed by atoms with Gasteiger partial charge in [0.15, 0.2) is 6.10 Å². The quantitative estimate of drug-likeness (QED) is 0.564. The average molecular weight is 447 g/mol. The predicted molar refractivity (Wildman–Crippen MR) is 104 cm³/mol. The van der Waals surface area contributed by atoms with Crippen molar-refractivity contribution in [2.75, 3.05) is 5.32 Å². The van der Waals surface area contributed by atoms with Gasteiger partial charge in [-0.2, -0.15) is 5.26 Å². The van der Waals surface area contributed by atoms with Gasteiger partial charge in [0.2, 0.25) is 5.88 Å². The van der Waals surface area contributed by atoms with Gasteiger partial charge in [-0.15, -0.1) is 13.2 Å². The van der Waals surface area contributed by atoms with Gasteiger partial charge in [-0.05, 0) is 50.2 Å². The van der Waals surface area contributed by atoms with Gasteiger partial charge >= 0.3 is 12.3 Å². The minimum absolute atomic E-state index is 0.0449. The molecule has 11 heteroatoms. The molecule has 0 fully saturated rings. The number of anilines is 1. The van der Waals surface area contributed by atoms with Crippen molar-refractivity contribution in [2.24, 2.45) is 0 Å². The summed E-state index contributed by atoms with van der Waals surface area (Å²) in [5.41, 5.74) is 0.0144. The molecule has 0 spiro atoms. The fourth-order valence-corrected chi connectivity index (χ4v) is 2.79. The standard InChI is InChI=1S/C21H16F3N3O5/c1-12-17(16(11-25)19(30-12)27-9-3-4-10-27)20(29)31-13(2)18(28)26-14-5-7-15(8-6-14)32-21(22,23)24/h3-10,13H,1-2H3,(H,26,28). The number of carbonyl (C=O) groups is 2. The molecular weight excluding hydrogens is 431 g/mol. The van der Waals surface area contributed by atoms with Crippen LogP contribution in [-0.4, -0.2) is 28.9 Å². The lowest BCUT2D eigenvalue weighted by Gasteiger charge is -2.14. The van der Waals surface area contributed by atoms with Crippen LogP contribution in [0, 0.1) is 18.3 Å². The van der Waals surface area contributed by atoms with Crippen LogP contribution in [-0.2, 0) is 9.53 Å². The molecule has 1 aromatic carbocycles. The number of benzene rings is 1. The Morgan fingerprint density at radius 3 is 2.38 bits per heavy atom. The number of rotatable bonds is 6. The van der Waals surface area contributed by atoms with Crippen LogP contribution in [0.15, 0.2) is 53.2 Å². The largest absolute Gasteiger partial charge is 0.573 e. The van der Waals surface area contributed by atoms with E-state index in [1.54, 1.807) is 24.5 Å². The summed E-state index contributed by atoms with van der Waals surface area (Å²) in [5, 5.41) is 11.9. The number of ether oxygens (including phenoxy) is 2. The van der Waals surface area contributed by atoms with E-state index in [1.165, 1.54) is 30.5 Å². The lowest BCUT2D eigenvalue weighted by Crippen LogP contribution is -2.30. The fraction of sp³-hybridized carbons (Fsp3) is 0.190. The molecule has 8 nitrogen and oxygen atoms in total. The Balaban J connectivity index is 1.68. The van der Waals surface area contributed by atoms with Gasteiger partial charge in [-0.1, -0.05) is 0 Å².